The third kappa shape index (κ3) is 2.73. The van der Waals surface area contributed by atoms with Gasteiger partial charge in [-0.1, -0.05) is 0 Å². The van der Waals surface area contributed by atoms with Gasteiger partial charge in [0.1, 0.15) is 11.3 Å². The van der Waals surface area contributed by atoms with Crippen LogP contribution in [0.15, 0.2) is 4.42 Å². The maximum atomic E-state index is 12.4. The van der Waals surface area contributed by atoms with E-state index in [1.54, 1.807) is 0 Å². The minimum Gasteiger partial charge on any atom is -0.444 e. The fourth-order valence-corrected chi connectivity index (χ4v) is 3.55. The number of nitrogens with zero attached hydrogens (tertiary/aromatic N) is 3. The Morgan fingerprint density at radius 1 is 1.39 bits per heavy atom. The van der Waals surface area contributed by atoms with Gasteiger partial charge in [0.05, 0.1) is 12.2 Å². The second-order valence-electron chi connectivity index (χ2n) is 6.82. The van der Waals surface area contributed by atoms with Crippen LogP contribution in [0.25, 0.3) is 0 Å². The van der Waals surface area contributed by atoms with Crippen molar-refractivity contribution in [2.45, 2.75) is 45.7 Å². The number of oxazole rings is 1. The second-order valence-corrected chi connectivity index (χ2v) is 6.82. The van der Waals surface area contributed by atoms with Crippen LogP contribution in [0.2, 0.25) is 0 Å². The average Bonchev–Trinajstić information content (AvgIpc) is 2.92. The van der Waals surface area contributed by atoms with Crippen molar-refractivity contribution in [3.8, 4) is 0 Å². The highest BCUT2D eigenvalue weighted by Gasteiger charge is 2.51. The molecule has 2 aliphatic rings. The number of likely N-dealkylation sites (tertiary alicyclic amines) is 1. The summed E-state index contributed by atoms with van der Waals surface area (Å²) in [5, 5.41) is 2.87. The molecule has 1 N–H and O–H groups in total. The van der Waals surface area contributed by atoms with Crippen molar-refractivity contribution in [3.63, 3.8) is 0 Å². The van der Waals surface area contributed by atoms with Gasteiger partial charge in [0.15, 0.2) is 0 Å². The highest BCUT2D eigenvalue weighted by molar-refractivity contribution is 6.06. The third-order valence-corrected chi connectivity index (χ3v) is 5.17. The number of aryl methyl sites for hydroxylation is 2. The smallest absolute Gasteiger partial charge is 0.324 e. The Kier molecular flexibility index (Phi) is 3.91. The van der Waals surface area contributed by atoms with Gasteiger partial charge in [-0.05, 0) is 40.2 Å². The molecule has 23 heavy (non-hydrogen) atoms. The molecule has 0 radical (unpaired) electrons. The fourth-order valence-electron chi connectivity index (χ4n) is 3.55. The number of hydrogen-bond donors (Lipinski definition) is 1. The summed E-state index contributed by atoms with van der Waals surface area (Å²) in [4.78, 5) is 32.1. The van der Waals surface area contributed by atoms with E-state index >= 15 is 0 Å². The van der Waals surface area contributed by atoms with E-state index in [1.807, 2.05) is 20.8 Å². The summed E-state index contributed by atoms with van der Waals surface area (Å²) in [5.41, 5.74) is 0.104. The van der Waals surface area contributed by atoms with Crippen molar-refractivity contribution in [3.05, 3.63) is 17.3 Å². The molecule has 0 spiro atoms. The van der Waals surface area contributed by atoms with E-state index in [4.69, 9.17) is 4.42 Å². The molecule has 0 aromatic carbocycles. The lowest BCUT2D eigenvalue weighted by atomic mass is 9.80. The van der Waals surface area contributed by atoms with E-state index in [1.165, 1.54) is 11.9 Å². The SMILES string of the molecule is Cc1nc(CN2CCCC(C3(C)NC(=O)N(C)C3=O)C2)oc1C. The first-order chi connectivity index (χ1) is 10.8. The Morgan fingerprint density at radius 3 is 2.70 bits per heavy atom. The first-order valence-electron chi connectivity index (χ1n) is 8.07. The van der Waals surface area contributed by atoms with E-state index in [0.29, 0.717) is 12.4 Å². The quantitative estimate of drug-likeness (QED) is 0.853. The Balaban J connectivity index is 1.71. The van der Waals surface area contributed by atoms with E-state index in [-0.39, 0.29) is 17.9 Å². The maximum absolute atomic E-state index is 12.4. The molecule has 2 fully saturated rings. The molecule has 7 heteroatoms. The van der Waals surface area contributed by atoms with Gasteiger partial charge in [0.2, 0.25) is 5.89 Å². The molecule has 3 rings (SSSR count). The minimum absolute atomic E-state index is 0.0924. The maximum Gasteiger partial charge on any atom is 0.324 e. The van der Waals surface area contributed by atoms with E-state index in [0.717, 1.165) is 37.4 Å². The molecule has 0 saturated carbocycles. The van der Waals surface area contributed by atoms with E-state index in [2.05, 4.69) is 15.2 Å². The van der Waals surface area contributed by atoms with Crippen LogP contribution in [0, 0.1) is 19.8 Å². The van der Waals surface area contributed by atoms with E-state index in [9.17, 15) is 9.59 Å². The summed E-state index contributed by atoms with van der Waals surface area (Å²) in [7, 11) is 1.53. The molecule has 3 amide bonds. The molecule has 1 aromatic rings. The van der Waals surface area contributed by atoms with Crippen molar-refractivity contribution in [2.24, 2.45) is 5.92 Å². The number of rotatable bonds is 3. The molecular weight excluding hydrogens is 296 g/mol. The van der Waals surface area contributed by atoms with Gasteiger partial charge in [-0.3, -0.25) is 14.6 Å². The Bertz CT molecular complexity index is 622. The molecule has 3 heterocycles. The predicted molar refractivity (Wildman–Crippen MR) is 83.7 cm³/mol. The number of carbonyl (C=O) groups excluding carboxylic acids is 2. The lowest BCUT2D eigenvalue weighted by Crippen LogP contribution is -2.55. The molecule has 2 unspecified atom stereocenters. The largest absolute Gasteiger partial charge is 0.444 e. The molecule has 126 valence electrons. The van der Waals surface area contributed by atoms with Crippen molar-refractivity contribution in [1.82, 2.24) is 20.1 Å². The summed E-state index contributed by atoms with van der Waals surface area (Å²) >= 11 is 0. The first-order valence-corrected chi connectivity index (χ1v) is 8.07. The highest BCUT2D eigenvalue weighted by Crippen LogP contribution is 2.32. The van der Waals surface area contributed by atoms with Gasteiger partial charge in [-0.25, -0.2) is 9.78 Å². The van der Waals surface area contributed by atoms with Crippen molar-refractivity contribution >= 4 is 11.9 Å². The number of hydrogen-bond acceptors (Lipinski definition) is 5. The molecule has 2 saturated heterocycles. The van der Waals surface area contributed by atoms with Gasteiger partial charge in [0.25, 0.3) is 5.91 Å². The number of piperidine rings is 1. The predicted octanol–water partition coefficient (Wildman–Crippen LogP) is 1.44. The van der Waals surface area contributed by atoms with Crippen molar-refractivity contribution in [1.29, 1.82) is 0 Å². The summed E-state index contributed by atoms with van der Waals surface area (Å²) in [6, 6.07) is -0.312. The number of carbonyl (C=O) groups is 2. The number of imide groups is 1. The van der Waals surface area contributed by atoms with Gasteiger partial charge in [-0.15, -0.1) is 0 Å². The number of urea groups is 1. The minimum atomic E-state index is -0.813. The van der Waals surface area contributed by atoms with Crippen LogP contribution in [0.3, 0.4) is 0 Å². The van der Waals surface area contributed by atoms with Crippen LogP contribution in [-0.4, -0.2) is 52.4 Å². The lowest BCUT2D eigenvalue weighted by molar-refractivity contribution is -0.132. The molecule has 0 aliphatic carbocycles. The monoisotopic (exact) mass is 320 g/mol. The zero-order valence-corrected chi connectivity index (χ0v) is 14.2. The lowest BCUT2D eigenvalue weighted by Gasteiger charge is -2.39. The third-order valence-electron chi connectivity index (χ3n) is 5.17. The molecule has 1 aromatic heterocycles. The zero-order chi connectivity index (χ0) is 16.8. The summed E-state index contributed by atoms with van der Waals surface area (Å²) in [6.45, 7) is 8.02. The highest BCUT2D eigenvalue weighted by atomic mass is 16.4. The summed E-state index contributed by atoms with van der Waals surface area (Å²) < 4.78 is 5.66. The summed E-state index contributed by atoms with van der Waals surface area (Å²) in [5.74, 6) is 1.51. The number of amides is 3. The molecule has 2 atom stereocenters. The van der Waals surface area contributed by atoms with Crippen LogP contribution < -0.4 is 5.32 Å². The molecule has 2 aliphatic heterocycles. The first kappa shape index (κ1) is 16.0. The zero-order valence-electron chi connectivity index (χ0n) is 14.2. The van der Waals surface area contributed by atoms with Gasteiger partial charge >= 0.3 is 6.03 Å². The topological polar surface area (TPSA) is 78.7 Å². The van der Waals surface area contributed by atoms with Crippen LogP contribution >= 0.6 is 0 Å². The summed E-state index contributed by atoms with van der Waals surface area (Å²) in [6.07, 6.45) is 1.92. The fraction of sp³-hybridized carbons (Fsp3) is 0.688. The number of nitrogens with one attached hydrogen (secondary N) is 1. The number of likely N-dealkylation sites (N-methyl/N-ethyl adjacent to an activating group) is 1. The van der Waals surface area contributed by atoms with Gasteiger partial charge < -0.3 is 9.73 Å². The Hall–Kier alpha value is -1.89. The van der Waals surface area contributed by atoms with Gasteiger partial charge in [0, 0.05) is 19.5 Å². The normalized spacial score (nSPS) is 29.2. The van der Waals surface area contributed by atoms with Gasteiger partial charge in [-0.2, -0.15) is 0 Å². The second kappa shape index (κ2) is 5.63. The molecular formula is C16H24N4O3. The van der Waals surface area contributed by atoms with Crippen molar-refractivity contribution < 1.29 is 14.0 Å². The average molecular weight is 320 g/mol. The van der Waals surface area contributed by atoms with Crippen molar-refractivity contribution in [2.75, 3.05) is 20.1 Å². The molecule has 7 nitrogen and oxygen atoms in total. The number of aromatic nitrogens is 1. The van der Waals surface area contributed by atoms with Crippen LogP contribution in [0.5, 0.6) is 0 Å². The standard InChI is InChI=1S/C16H24N4O3/c1-10-11(2)23-13(17-10)9-20-7-5-6-12(8-20)16(3)14(21)19(4)15(22)18-16/h12H,5-9H2,1-4H3,(H,18,22). The Morgan fingerprint density at radius 2 is 2.13 bits per heavy atom. The van der Waals surface area contributed by atoms with Crippen LogP contribution in [0.4, 0.5) is 4.79 Å². The Labute approximate surface area is 136 Å². The van der Waals surface area contributed by atoms with Crippen LogP contribution in [-0.2, 0) is 11.3 Å². The van der Waals surface area contributed by atoms with Crippen LogP contribution in [0.1, 0.15) is 37.1 Å². The molecule has 0 bridgehead atoms. The van der Waals surface area contributed by atoms with E-state index < -0.39 is 5.54 Å².